The fourth-order valence-electron chi connectivity index (χ4n) is 2.20. The van der Waals surface area contributed by atoms with Crippen molar-refractivity contribution in [1.82, 2.24) is 0 Å². The maximum absolute atomic E-state index is 12.4. The summed E-state index contributed by atoms with van der Waals surface area (Å²) in [5, 5.41) is 0. The molecule has 9 heteroatoms. The Balaban J connectivity index is 2.57. The number of anilines is 1. The first-order chi connectivity index (χ1) is 12.3. The van der Waals surface area contributed by atoms with Gasteiger partial charge in [0.1, 0.15) is 11.4 Å². The first-order valence-electron chi connectivity index (χ1n) is 7.17. The summed E-state index contributed by atoms with van der Waals surface area (Å²) in [6.45, 7) is 0. The number of esters is 2. The van der Waals surface area contributed by atoms with Gasteiger partial charge < -0.3 is 19.1 Å². The maximum Gasteiger partial charge on any atom is 0.573 e. The average molecular weight is 369 g/mol. The third-order valence-electron chi connectivity index (χ3n) is 3.22. The van der Waals surface area contributed by atoms with Crippen molar-refractivity contribution in [3.05, 3.63) is 60.0 Å². The molecule has 6 nitrogen and oxygen atoms in total. The number of nitrogens with zero attached hydrogens (tertiary/aromatic N) is 1. The molecule has 0 fully saturated rings. The van der Waals surface area contributed by atoms with Gasteiger partial charge >= 0.3 is 18.3 Å². The molecule has 0 unspecified atom stereocenters. The van der Waals surface area contributed by atoms with Gasteiger partial charge in [0.25, 0.3) is 0 Å². The summed E-state index contributed by atoms with van der Waals surface area (Å²) >= 11 is 0. The summed E-state index contributed by atoms with van der Waals surface area (Å²) in [5.74, 6) is -2.16. The molecule has 0 bridgehead atoms. The number of allylic oxidation sites excluding steroid dienone is 2. The summed E-state index contributed by atoms with van der Waals surface area (Å²) < 4.78 is 50.6. The minimum absolute atomic E-state index is 0.119. The van der Waals surface area contributed by atoms with Gasteiger partial charge in [-0.05, 0) is 24.3 Å². The third-order valence-corrected chi connectivity index (χ3v) is 3.22. The van der Waals surface area contributed by atoms with Crippen LogP contribution in [0.4, 0.5) is 18.9 Å². The molecule has 26 heavy (non-hydrogen) atoms. The molecule has 0 aliphatic carbocycles. The van der Waals surface area contributed by atoms with E-state index in [-0.39, 0.29) is 17.0 Å². The largest absolute Gasteiger partial charge is 0.573 e. The molecule has 0 amide bonds. The highest BCUT2D eigenvalue weighted by Gasteiger charge is 2.32. The summed E-state index contributed by atoms with van der Waals surface area (Å²) in [6.07, 6.45) is 0.838. The highest BCUT2D eigenvalue weighted by Crippen LogP contribution is 2.31. The molecule has 1 aromatic rings. The van der Waals surface area contributed by atoms with Gasteiger partial charge in [0, 0.05) is 18.0 Å². The maximum atomic E-state index is 12.4. The van der Waals surface area contributed by atoms with Gasteiger partial charge in [-0.2, -0.15) is 0 Å². The number of ether oxygens (including phenoxy) is 3. The lowest BCUT2D eigenvalue weighted by molar-refractivity contribution is -0.274. The molecule has 1 aliphatic rings. The zero-order chi connectivity index (χ0) is 19.3. The van der Waals surface area contributed by atoms with Crippen molar-refractivity contribution in [3.63, 3.8) is 0 Å². The van der Waals surface area contributed by atoms with E-state index in [0.717, 1.165) is 26.4 Å². The van der Waals surface area contributed by atoms with Gasteiger partial charge in [-0.15, -0.1) is 13.2 Å². The fourth-order valence-corrected chi connectivity index (χ4v) is 2.20. The van der Waals surface area contributed by atoms with Gasteiger partial charge in [-0.3, -0.25) is 0 Å². The minimum atomic E-state index is -4.87. The van der Waals surface area contributed by atoms with Crippen LogP contribution in [0.15, 0.2) is 60.0 Å². The lowest BCUT2D eigenvalue weighted by Gasteiger charge is -2.23. The van der Waals surface area contributed by atoms with E-state index in [1.54, 1.807) is 0 Å². The van der Waals surface area contributed by atoms with Gasteiger partial charge in [-0.1, -0.05) is 12.1 Å². The molecular weight excluding hydrogens is 355 g/mol. The molecule has 138 valence electrons. The Labute approximate surface area is 146 Å². The summed E-state index contributed by atoms with van der Waals surface area (Å²) in [6, 6.07) is 4.94. The number of rotatable bonds is 4. The number of benzene rings is 1. The number of halogens is 3. The Bertz CT molecular complexity index is 796. The number of carbonyl (C=O) groups is 2. The molecule has 0 atom stereocenters. The van der Waals surface area contributed by atoms with Crippen LogP contribution in [0, 0.1) is 0 Å². The van der Waals surface area contributed by atoms with Crippen LogP contribution >= 0.6 is 0 Å². The standard InChI is InChI=1S/C17H14F3NO5/c1-24-15(22)13-8-3-4-9-21(14(13)16(23)25-2)11-6-5-7-12(10-11)26-17(18,19)20/h3-10H,1-2H3. The van der Waals surface area contributed by atoms with Crippen LogP contribution in [0.3, 0.4) is 0 Å². The molecule has 0 N–H and O–H groups in total. The molecule has 1 heterocycles. The molecule has 0 aromatic heterocycles. The molecule has 2 rings (SSSR count). The summed E-state index contributed by atoms with van der Waals surface area (Å²) in [5.41, 5.74) is -0.187. The third kappa shape index (κ3) is 4.44. The van der Waals surface area contributed by atoms with Gasteiger partial charge in [0.2, 0.25) is 0 Å². The van der Waals surface area contributed by atoms with Crippen molar-refractivity contribution in [2.45, 2.75) is 6.36 Å². The average Bonchev–Trinajstić information content (AvgIpc) is 2.82. The van der Waals surface area contributed by atoms with E-state index in [1.165, 1.54) is 41.5 Å². The van der Waals surface area contributed by atoms with Crippen molar-refractivity contribution >= 4 is 17.6 Å². The predicted molar refractivity (Wildman–Crippen MR) is 84.9 cm³/mol. The van der Waals surface area contributed by atoms with Crippen LogP contribution in [-0.4, -0.2) is 32.5 Å². The molecule has 0 radical (unpaired) electrons. The number of carbonyl (C=O) groups excluding carboxylic acids is 2. The zero-order valence-electron chi connectivity index (χ0n) is 13.7. The number of hydrogen-bond donors (Lipinski definition) is 0. The summed E-state index contributed by atoms with van der Waals surface area (Å²) in [7, 11) is 2.25. The predicted octanol–water partition coefficient (Wildman–Crippen LogP) is 3.08. The Morgan fingerprint density at radius 3 is 2.35 bits per heavy atom. The Morgan fingerprint density at radius 1 is 1.04 bits per heavy atom. The lowest BCUT2D eigenvalue weighted by Crippen LogP contribution is -2.27. The molecular formula is C17H14F3NO5. The lowest BCUT2D eigenvalue weighted by atomic mass is 10.1. The van der Waals surface area contributed by atoms with E-state index in [1.807, 2.05) is 0 Å². The first kappa shape index (κ1) is 19.1. The second-order valence-electron chi connectivity index (χ2n) is 4.86. The SMILES string of the molecule is COC(=O)C1=C(C(=O)OC)N(c2cccc(OC(F)(F)F)c2)C=CC=C1. The van der Waals surface area contributed by atoms with Crippen LogP contribution in [0.2, 0.25) is 0 Å². The van der Waals surface area contributed by atoms with Crippen LogP contribution in [0.5, 0.6) is 5.75 Å². The van der Waals surface area contributed by atoms with E-state index < -0.39 is 24.1 Å². The number of methoxy groups -OCH3 is 2. The smallest absolute Gasteiger partial charge is 0.465 e. The Hall–Kier alpha value is -3.23. The normalized spacial score (nSPS) is 14.1. The Morgan fingerprint density at radius 2 is 1.73 bits per heavy atom. The van der Waals surface area contributed by atoms with Crippen LogP contribution < -0.4 is 9.64 Å². The Kier molecular flexibility index (Phi) is 5.71. The van der Waals surface area contributed by atoms with E-state index in [0.29, 0.717) is 0 Å². The van der Waals surface area contributed by atoms with Gasteiger partial charge in [0.05, 0.1) is 19.8 Å². The number of alkyl halides is 3. The molecule has 0 saturated heterocycles. The van der Waals surface area contributed by atoms with Crippen LogP contribution in [0.1, 0.15) is 0 Å². The second-order valence-corrected chi connectivity index (χ2v) is 4.86. The monoisotopic (exact) mass is 369 g/mol. The van der Waals surface area contributed by atoms with E-state index in [9.17, 15) is 22.8 Å². The van der Waals surface area contributed by atoms with Crippen molar-refractivity contribution in [2.75, 3.05) is 19.1 Å². The van der Waals surface area contributed by atoms with E-state index in [2.05, 4.69) is 9.47 Å². The van der Waals surface area contributed by atoms with Crippen molar-refractivity contribution in [1.29, 1.82) is 0 Å². The molecule has 0 saturated carbocycles. The highest BCUT2D eigenvalue weighted by molar-refractivity contribution is 6.05. The van der Waals surface area contributed by atoms with Crippen molar-refractivity contribution < 1.29 is 37.0 Å². The second kappa shape index (κ2) is 7.77. The minimum Gasteiger partial charge on any atom is -0.465 e. The summed E-state index contributed by atoms with van der Waals surface area (Å²) in [4.78, 5) is 25.5. The fraction of sp³-hybridized carbons (Fsp3) is 0.176. The van der Waals surface area contributed by atoms with Crippen LogP contribution in [-0.2, 0) is 19.1 Å². The van der Waals surface area contributed by atoms with Gasteiger partial charge in [-0.25, -0.2) is 9.59 Å². The van der Waals surface area contributed by atoms with Crippen molar-refractivity contribution in [3.8, 4) is 5.75 Å². The first-order valence-corrected chi connectivity index (χ1v) is 7.17. The molecule has 1 aromatic carbocycles. The molecule has 0 spiro atoms. The van der Waals surface area contributed by atoms with E-state index >= 15 is 0 Å². The quantitative estimate of drug-likeness (QED) is 0.760. The molecule has 1 aliphatic heterocycles. The topological polar surface area (TPSA) is 65.1 Å². The zero-order valence-corrected chi connectivity index (χ0v) is 13.7. The van der Waals surface area contributed by atoms with E-state index in [4.69, 9.17) is 4.74 Å². The van der Waals surface area contributed by atoms with Crippen molar-refractivity contribution in [2.24, 2.45) is 0 Å². The van der Waals surface area contributed by atoms with Crippen LogP contribution in [0.25, 0.3) is 0 Å². The number of hydrogen-bond acceptors (Lipinski definition) is 6. The van der Waals surface area contributed by atoms with Gasteiger partial charge in [0.15, 0.2) is 0 Å². The highest BCUT2D eigenvalue weighted by atomic mass is 19.4.